The Hall–Kier alpha value is -2.60. The third-order valence-electron chi connectivity index (χ3n) is 5.15. The highest BCUT2D eigenvalue weighted by Crippen LogP contribution is 2.49. The lowest BCUT2D eigenvalue weighted by Crippen LogP contribution is -2.43. The van der Waals surface area contributed by atoms with E-state index in [1.807, 2.05) is 49.2 Å². The first-order valence-corrected chi connectivity index (χ1v) is 8.74. The molecule has 1 atom stereocenters. The third-order valence-corrected chi connectivity index (χ3v) is 5.15. The molecule has 0 aromatic heterocycles. The zero-order chi connectivity index (χ0) is 19.4. The van der Waals surface area contributed by atoms with Crippen LogP contribution in [0.2, 0.25) is 0 Å². The molecule has 3 nitrogen and oxygen atoms in total. The van der Waals surface area contributed by atoms with Crippen molar-refractivity contribution >= 4 is 11.5 Å². The summed E-state index contributed by atoms with van der Waals surface area (Å²) in [4.78, 5) is 12.5. The molecule has 1 fully saturated rings. The molecule has 27 heavy (non-hydrogen) atoms. The largest absolute Gasteiger partial charge is 0.416 e. The van der Waals surface area contributed by atoms with E-state index in [-0.39, 0.29) is 17.5 Å². The summed E-state index contributed by atoms with van der Waals surface area (Å²) in [6, 6.07) is 14.6. The minimum atomic E-state index is -4.37. The van der Waals surface area contributed by atoms with Gasteiger partial charge in [0.1, 0.15) is 0 Å². The van der Waals surface area contributed by atoms with Crippen LogP contribution in [0.3, 0.4) is 0 Å². The Labute approximate surface area is 155 Å². The number of rotatable bonds is 2. The number of hydrazine groups is 1. The minimum Gasteiger partial charge on any atom is -0.273 e. The number of hydrogen-bond acceptors (Lipinski definition) is 2. The molecule has 0 saturated carbocycles. The van der Waals surface area contributed by atoms with Gasteiger partial charge in [-0.3, -0.25) is 4.79 Å². The quantitative estimate of drug-likeness (QED) is 0.738. The molecule has 1 unspecified atom stereocenters. The van der Waals surface area contributed by atoms with Gasteiger partial charge in [0, 0.05) is 23.7 Å². The number of alkyl halides is 3. The highest BCUT2D eigenvalue weighted by atomic mass is 19.4. The highest BCUT2D eigenvalue weighted by molar-refractivity contribution is 5.86. The first-order chi connectivity index (χ1) is 12.7. The van der Waals surface area contributed by atoms with E-state index in [4.69, 9.17) is 0 Å². The fourth-order valence-electron chi connectivity index (χ4n) is 3.93. The van der Waals surface area contributed by atoms with Crippen LogP contribution in [-0.4, -0.2) is 21.5 Å². The zero-order valence-electron chi connectivity index (χ0n) is 15.0. The molecule has 2 aliphatic rings. The van der Waals surface area contributed by atoms with Crippen molar-refractivity contribution in [3.8, 4) is 0 Å². The summed E-state index contributed by atoms with van der Waals surface area (Å²) in [7, 11) is 0. The van der Waals surface area contributed by atoms with Crippen molar-refractivity contribution in [3.63, 3.8) is 0 Å². The predicted octanol–water partition coefficient (Wildman–Crippen LogP) is 5.03. The van der Waals surface area contributed by atoms with Gasteiger partial charge in [-0.1, -0.05) is 42.5 Å². The Kier molecular flexibility index (Phi) is 3.93. The summed E-state index contributed by atoms with van der Waals surface area (Å²) in [6.45, 7) is 4.01. The summed E-state index contributed by atoms with van der Waals surface area (Å²) in [6.07, 6.45) is -2.21. The summed E-state index contributed by atoms with van der Waals surface area (Å²) in [5.74, 6) is -0.0113. The van der Waals surface area contributed by atoms with Crippen molar-refractivity contribution in [1.29, 1.82) is 0 Å². The monoisotopic (exact) mass is 372 g/mol. The fourth-order valence-corrected chi connectivity index (χ4v) is 3.93. The molecule has 2 aliphatic heterocycles. The maximum atomic E-state index is 12.9. The van der Waals surface area contributed by atoms with Crippen molar-refractivity contribution in [2.45, 2.75) is 38.0 Å². The van der Waals surface area contributed by atoms with Gasteiger partial charge in [-0.15, -0.1) is 0 Å². The smallest absolute Gasteiger partial charge is 0.273 e. The molecule has 6 heteroatoms. The van der Waals surface area contributed by atoms with Crippen LogP contribution in [0.1, 0.15) is 43.0 Å². The average molecular weight is 372 g/mol. The van der Waals surface area contributed by atoms with Crippen LogP contribution in [0.5, 0.6) is 0 Å². The van der Waals surface area contributed by atoms with Crippen LogP contribution in [0.4, 0.5) is 13.2 Å². The second-order valence-electron chi connectivity index (χ2n) is 7.54. The normalized spacial score (nSPS) is 22.1. The maximum absolute atomic E-state index is 12.9. The molecule has 4 rings (SSSR count). The Morgan fingerprint density at radius 1 is 1.00 bits per heavy atom. The number of amides is 1. The molecule has 140 valence electrons. The predicted molar refractivity (Wildman–Crippen MR) is 96.0 cm³/mol. The van der Waals surface area contributed by atoms with Crippen molar-refractivity contribution in [3.05, 3.63) is 77.5 Å². The molecule has 0 aliphatic carbocycles. The first kappa shape index (κ1) is 17.8. The topological polar surface area (TPSA) is 23.6 Å². The number of nitrogens with zero attached hydrogens (tertiary/aromatic N) is 2. The number of benzene rings is 2. The van der Waals surface area contributed by atoms with Crippen molar-refractivity contribution < 1.29 is 18.0 Å². The van der Waals surface area contributed by atoms with Crippen LogP contribution in [0, 0.1) is 0 Å². The van der Waals surface area contributed by atoms with Gasteiger partial charge in [0.2, 0.25) is 5.91 Å². The van der Waals surface area contributed by atoms with Crippen LogP contribution in [0.25, 0.3) is 5.57 Å². The van der Waals surface area contributed by atoms with Gasteiger partial charge in [0.05, 0.1) is 11.6 Å². The number of halogens is 3. The summed E-state index contributed by atoms with van der Waals surface area (Å²) >= 11 is 0. The molecule has 0 N–H and O–H groups in total. The van der Waals surface area contributed by atoms with Crippen LogP contribution in [-0.2, 0) is 11.0 Å². The molecular weight excluding hydrogens is 353 g/mol. The summed E-state index contributed by atoms with van der Waals surface area (Å²) < 4.78 is 38.7. The van der Waals surface area contributed by atoms with E-state index in [1.165, 1.54) is 12.1 Å². The van der Waals surface area contributed by atoms with Crippen LogP contribution >= 0.6 is 0 Å². The Balaban J connectivity index is 1.81. The average Bonchev–Trinajstić information content (AvgIpc) is 3.12. The molecular formula is C21H19F3N2O. The summed E-state index contributed by atoms with van der Waals surface area (Å²) in [5, 5.41) is 3.64. The number of fused-ring (bicyclic) bond motifs is 1. The van der Waals surface area contributed by atoms with Gasteiger partial charge in [0.15, 0.2) is 0 Å². The molecule has 2 aromatic carbocycles. The van der Waals surface area contributed by atoms with Crippen molar-refractivity contribution in [2.75, 3.05) is 0 Å². The van der Waals surface area contributed by atoms with Crippen molar-refractivity contribution in [1.82, 2.24) is 10.0 Å². The van der Waals surface area contributed by atoms with Crippen LogP contribution in [0.15, 0.2) is 60.8 Å². The third kappa shape index (κ3) is 2.94. The second-order valence-corrected chi connectivity index (χ2v) is 7.54. The molecule has 0 radical (unpaired) electrons. The van der Waals surface area contributed by atoms with E-state index in [2.05, 4.69) is 0 Å². The highest BCUT2D eigenvalue weighted by Gasteiger charge is 2.51. The minimum absolute atomic E-state index is 0.0113. The van der Waals surface area contributed by atoms with Crippen LogP contribution < -0.4 is 0 Å². The van der Waals surface area contributed by atoms with Crippen molar-refractivity contribution in [2.24, 2.45) is 0 Å². The number of carbonyl (C=O) groups is 1. The van der Waals surface area contributed by atoms with Gasteiger partial charge in [-0.05, 0) is 37.1 Å². The summed E-state index contributed by atoms with van der Waals surface area (Å²) in [5.41, 5.74) is 1.42. The van der Waals surface area contributed by atoms with E-state index < -0.39 is 11.7 Å². The van der Waals surface area contributed by atoms with Gasteiger partial charge >= 0.3 is 6.18 Å². The Morgan fingerprint density at radius 3 is 2.22 bits per heavy atom. The molecule has 1 amide bonds. The number of carbonyl (C=O) groups excluding carboxylic acids is 1. The Bertz CT molecular complexity index is 901. The lowest BCUT2D eigenvalue weighted by molar-refractivity contribution is -0.137. The van der Waals surface area contributed by atoms with E-state index >= 15 is 0 Å². The molecule has 0 spiro atoms. The molecule has 2 heterocycles. The van der Waals surface area contributed by atoms with E-state index in [0.29, 0.717) is 12.0 Å². The lowest BCUT2D eigenvalue weighted by Gasteiger charge is -2.37. The molecule has 1 saturated heterocycles. The van der Waals surface area contributed by atoms with Gasteiger partial charge in [0.25, 0.3) is 0 Å². The fraction of sp³-hybridized carbons (Fsp3) is 0.286. The maximum Gasteiger partial charge on any atom is 0.416 e. The van der Waals surface area contributed by atoms with Gasteiger partial charge in [-0.25, -0.2) is 5.01 Å². The van der Waals surface area contributed by atoms with Gasteiger partial charge < -0.3 is 0 Å². The van der Waals surface area contributed by atoms with Gasteiger partial charge in [-0.2, -0.15) is 18.2 Å². The van der Waals surface area contributed by atoms with E-state index in [9.17, 15) is 18.0 Å². The number of hydrogen-bond donors (Lipinski definition) is 0. The standard InChI is InChI=1S/C21H19F3N2O/c1-20(2)12-18(27)25-13-17(14-8-10-16(11-9-14)21(22,23)24)19(26(20)25)15-6-4-3-5-7-15/h3-11,13,19H,12H2,1-2H3. The van der Waals surface area contributed by atoms with E-state index in [0.717, 1.165) is 23.3 Å². The second kappa shape index (κ2) is 5.96. The first-order valence-electron chi connectivity index (χ1n) is 8.74. The lowest BCUT2D eigenvalue weighted by atomic mass is 9.90. The zero-order valence-corrected chi connectivity index (χ0v) is 15.0. The molecule has 0 bridgehead atoms. The Morgan fingerprint density at radius 2 is 1.63 bits per heavy atom. The molecule has 2 aromatic rings. The van der Waals surface area contributed by atoms with E-state index in [1.54, 1.807) is 11.2 Å². The SMILES string of the molecule is CC1(C)CC(=O)N2C=C(c3ccc(C(F)(F)F)cc3)C(c3ccccc3)N21.